The molecule has 0 N–H and O–H groups in total. The van der Waals surface area contributed by atoms with E-state index < -0.39 is 0 Å². The summed E-state index contributed by atoms with van der Waals surface area (Å²) in [5, 5.41) is 35.0. The molecule has 0 bridgehead atoms. The zero-order chi connectivity index (χ0) is 33.8. The Hall–Kier alpha value is -7.39. The second-order valence-corrected chi connectivity index (χ2v) is 12.3. The lowest BCUT2D eigenvalue weighted by Crippen LogP contribution is -2.02. The van der Waals surface area contributed by atoms with Crippen molar-refractivity contribution in [1.82, 2.24) is 9.13 Å². The highest BCUT2D eigenvalue weighted by Gasteiger charge is 2.21. The molecule has 2 heterocycles. The normalized spacial score (nSPS) is 11.1. The first-order valence-electron chi connectivity index (χ1n) is 16.3. The summed E-state index contributed by atoms with van der Waals surface area (Å²) in [5.41, 5.74) is 10.8. The highest BCUT2D eigenvalue weighted by molar-refractivity contribution is 6.11. The standard InChI is InChI=1S/C45H25N5/c46-26-29-19-24-44-39(25-29)37-12-3-4-16-41(37)49(44)32-22-20-30(21-23-32)33-13-8-14-34(40(33)28-48)38-15-7-9-31(27-47)45(38)50-42-17-5-1-10-35(42)36-11-2-6-18-43(36)50/h1-25H. The second-order valence-electron chi connectivity index (χ2n) is 12.3. The Labute approximate surface area is 287 Å². The average molecular weight is 636 g/mol. The summed E-state index contributed by atoms with van der Waals surface area (Å²) in [6, 6.07) is 57.6. The van der Waals surface area contributed by atoms with Crippen LogP contribution in [0, 0.1) is 34.0 Å². The molecule has 0 spiro atoms. The van der Waals surface area contributed by atoms with E-state index in [1.165, 1.54) is 0 Å². The lowest BCUT2D eigenvalue weighted by atomic mass is 9.90. The number of nitrogens with zero attached hydrogens (tertiary/aromatic N) is 5. The van der Waals surface area contributed by atoms with E-state index in [1.807, 2.05) is 91.0 Å². The van der Waals surface area contributed by atoms with E-state index in [-0.39, 0.29) is 0 Å². The van der Waals surface area contributed by atoms with Crippen molar-refractivity contribution in [3.63, 3.8) is 0 Å². The fourth-order valence-corrected chi connectivity index (χ4v) is 7.50. The Kier molecular flexibility index (Phi) is 6.56. The molecule has 0 aliphatic carbocycles. The minimum Gasteiger partial charge on any atom is -0.309 e. The van der Waals surface area contributed by atoms with Crippen LogP contribution in [0.5, 0.6) is 0 Å². The first-order valence-corrected chi connectivity index (χ1v) is 16.3. The Morgan fingerprint density at radius 2 is 0.960 bits per heavy atom. The van der Waals surface area contributed by atoms with Crippen molar-refractivity contribution < 1.29 is 0 Å². The summed E-state index contributed by atoms with van der Waals surface area (Å²) < 4.78 is 4.37. The van der Waals surface area contributed by atoms with Gasteiger partial charge in [0, 0.05) is 43.9 Å². The number of fused-ring (bicyclic) bond motifs is 6. The maximum Gasteiger partial charge on any atom is 0.101 e. The third-order valence-electron chi connectivity index (χ3n) is 9.66. The largest absolute Gasteiger partial charge is 0.309 e. The van der Waals surface area contributed by atoms with Crippen LogP contribution in [0.4, 0.5) is 0 Å². The van der Waals surface area contributed by atoms with E-state index >= 15 is 0 Å². The van der Waals surface area contributed by atoms with E-state index in [0.717, 1.165) is 77.2 Å². The van der Waals surface area contributed by atoms with Gasteiger partial charge in [0.1, 0.15) is 12.1 Å². The second kappa shape index (κ2) is 11.4. The quantitative estimate of drug-likeness (QED) is 0.193. The number of rotatable bonds is 4. The number of para-hydroxylation sites is 4. The maximum absolute atomic E-state index is 10.7. The van der Waals surface area contributed by atoms with Crippen LogP contribution in [-0.2, 0) is 0 Å². The van der Waals surface area contributed by atoms with Crippen LogP contribution in [-0.4, -0.2) is 9.13 Å². The molecule has 7 aromatic carbocycles. The molecule has 0 aliphatic rings. The predicted molar refractivity (Wildman–Crippen MR) is 200 cm³/mol. The van der Waals surface area contributed by atoms with E-state index in [9.17, 15) is 15.8 Å². The average Bonchev–Trinajstić information content (AvgIpc) is 3.69. The van der Waals surface area contributed by atoms with Crippen LogP contribution in [0.15, 0.2) is 152 Å². The molecule has 0 saturated carbocycles. The summed E-state index contributed by atoms with van der Waals surface area (Å²) in [4.78, 5) is 0. The molecule has 0 amide bonds. The van der Waals surface area contributed by atoms with E-state index in [1.54, 1.807) is 0 Å². The summed E-state index contributed by atoms with van der Waals surface area (Å²) in [5.74, 6) is 0. The lowest BCUT2D eigenvalue weighted by Gasteiger charge is -2.18. The van der Waals surface area contributed by atoms with Gasteiger partial charge >= 0.3 is 0 Å². The molecule has 2 aromatic heterocycles. The minimum atomic E-state index is 0.528. The van der Waals surface area contributed by atoms with Crippen LogP contribution in [0.1, 0.15) is 16.7 Å². The predicted octanol–water partition coefficient (Wildman–Crippen LogP) is 10.8. The van der Waals surface area contributed by atoms with Crippen LogP contribution in [0.3, 0.4) is 0 Å². The SMILES string of the molecule is N#Cc1ccc2c(c1)c1ccccc1n2-c1ccc(-c2cccc(-c3cccc(C#N)c3-n3c4ccccc4c4ccccc43)c2C#N)cc1. The number of benzene rings is 7. The number of nitriles is 3. The molecular formula is C45H25N5. The third-order valence-corrected chi connectivity index (χ3v) is 9.66. The monoisotopic (exact) mass is 635 g/mol. The topological polar surface area (TPSA) is 81.2 Å². The van der Waals surface area contributed by atoms with Crippen molar-refractivity contribution in [2.45, 2.75) is 0 Å². The van der Waals surface area contributed by atoms with Crippen LogP contribution < -0.4 is 0 Å². The maximum atomic E-state index is 10.7. The van der Waals surface area contributed by atoms with Crippen molar-refractivity contribution in [2.75, 3.05) is 0 Å². The van der Waals surface area contributed by atoms with Gasteiger partial charge in [0.05, 0.1) is 50.5 Å². The van der Waals surface area contributed by atoms with Crippen LogP contribution in [0.25, 0.3) is 77.2 Å². The highest BCUT2D eigenvalue weighted by Crippen LogP contribution is 2.41. The van der Waals surface area contributed by atoms with Gasteiger partial charge in [-0.05, 0) is 60.2 Å². The van der Waals surface area contributed by atoms with E-state index in [2.05, 4.69) is 88.0 Å². The van der Waals surface area contributed by atoms with Gasteiger partial charge in [-0.3, -0.25) is 0 Å². The highest BCUT2D eigenvalue weighted by atomic mass is 15.0. The molecule has 50 heavy (non-hydrogen) atoms. The van der Waals surface area contributed by atoms with Gasteiger partial charge in [0.25, 0.3) is 0 Å². The molecule has 9 rings (SSSR count). The number of aromatic nitrogens is 2. The molecule has 5 heteroatoms. The Morgan fingerprint density at radius 3 is 1.60 bits per heavy atom. The van der Waals surface area contributed by atoms with Crippen molar-refractivity contribution in [1.29, 1.82) is 15.8 Å². The molecule has 0 fully saturated rings. The summed E-state index contributed by atoms with van der Waals surface area (Å²) in [6.07, 6.45) is 0. The van der Waals surface area contributed by atoms with Crippen LogP contribution in [0.2, 0.25) is 0 Å². The number of hydrogen-bond donors (Lipinski definition) is 0. The lowest BCUT2D eigenvalue weighted by molar-refractivity contribution is 1.17. The van der Waals surface area contributed by atoms with E-state index in [4.69, 9.17) is 0 Å². The Morgan fingerprint density at radius 1 is 0.400 bits per heavy atom. The fourth-order valence-electron chi connectivity index (χ4n) is 7.50. The smallest absolute Gasteiger partial charge is 0.101 e. The molecule has 5 nitrogen and oxygen atoms in total. The first kappa shape index (κ1) is 28.8. The summed E-state index contributed by atoms with van der Waals surface area (Å²) >= 11 is 0. The van der Waals surface area contributed by atoms with Gasteiger partial charge in [0.15, 0.2) is 0 Å². The molecule has 0 saturated heterocycles. The van der Waals surface area contributed by atoms with Crippen molar-refractivity contribution in [2.24, 2.45) is 0 Å². The molecule has 0 atom stereocenters. The molecule has 230 valence electrons. The fraction of sp³-hybridized carbons (Fsp3) is 0. The van der Waals surface area contributed by atoms with Gasteiger partial charge in [0.2, 0.25) is 0 Å². The molecule has 0 aliphatic heterocycles. The van der Waals surface area contributed by atoms with E-state index in [0.29, 0.717) is 16.7 Å². The first-order chi connectivity index (χ1) is 24.7. The van der Waals surface area contributed by atoms with Crippen LogP contribution >= 0.6 is 0 Å². The third kappa shape index (κ3) is 4.24. The minimum absolute atomic E-state index is 0.528. The molecule has 0 radical (unpaired) electrons. The van der Waals surface area contributed by atoms with Gasteiger partial charge in [-0.2, -0.15) is 15.8 Å². The van der Waals surface area contributed by atoms with Gasteiger partial charge < -0.3 is 9.13 Å². The van der Waals surface area contributed by atoms with Crippen molar-refractivity contribution >= 4 is 43.6 Å². The molecule has 0 unspecified atom stereocenters. The van der Waals surface area contributed by atoms with Crippen molar-refractivity contribution in [3.8, 4) is 51.8 Å². The summed E-state index contributed by atoms with van der Waals surface area (Å²) in [7, 11) is 0. The van der Waals surface area contributed by atoms with Gasteiger partial charge in [-0.1, -0.05) is 97.1 Å². The van der Waals surface area contributed by atoms with Crippen molar-refractivity contribution in [3.05, 3.63) is 168 Å². The zero-order valence-electron chi connectivity index (χ0n) is 26.7. The summed E-state index contributed by atoms with van der Waals surface area (Å²) in [6.45, 7) is 0. The van der Waals surface area contributed by atoms with Gasteiger partial charge in [-0.15, -0.1) is 0 Å². The van der Waals surface area contributed by atoms with Gasteiger partial charge in [-0.25, -0.2) is 0 Å². The molecular weight excluding hydrogens is 611 g/mol. The Balaban J connectivity index is 1.22. The molecule has 9 aromatic rings. The Bertz CT molecular complexity index is 2900. The zero-order valence-corrected chi connectivity index (χ0v) is 26.7. The number of hydrogen-bond acceptors (Lipinski definition) is 3.